The Balaban J connectivity index is 1.98. The molecule has 2 aromatic rings. The number of hydrogen-bond acceptors (Lipinski definition) is 3. The molecule has 0 aliphatic heterocycles. The fourth-order valence-corrected chi connectivity index (χ4v) is 3.15. The average Bonchev–Trinajstić information content (AvgIpc) is 2.65. The number of ketones is 1. The van der Waals surface area contributed by atoms with Crippen LogP contribution in [0.15, 0.2) is 60.7 Å². The number of rotatable bonds is 11. The second-order valence-corrected chi connectivity index (χ2v) is 6.77. The van der Waals surface area contributed by atoms with Gasteiger partial charge in [0.25, 0.3) is 0 Å². The van der Waals surface area contributed by atoms with Crippen molar-refractivity contribution in [1.29, 1.82) is 0 Å². The zero-order valence-corrected chi connectivity index (χ0v) is 14.9. The van der Waals surface area contributed by atoms with Gasteiger partial charge in [-0.15, -0.1) is 0 Å². The summed E-state index contributed by atoms with van der Waals surface area (Å²) in [5.74, 6) is 0.322. The van der Waals surface area contributed by atoms with Gasteiger partial charge in [-0.2, -0.15) is 0 Å². The SMILES string of the molecule is NCCC[C@H](N)CCC(=O)C(Cc1ccccc1)Cc1ccccc1. The van der Waals surface area contributed by atoms with E-state index in [0.29, 0.717) is 18.7 Å². The Bertz CT molecular complexity index is 571. The second-order valence-electron chi connectivity index (χ2n) is 6.77. The Morgan fingerprint density at radius 2 is 1.36 bits per heavy atom. The highest BCUT2D eigenvalue weighted by Gasteiger charge is 2.20. The van der Waals surface area contributed by atoms with Crippen LogP contribution in [-0.2, 0) is 17.6 Å². The zero-order chi connectivity index (χ0) is 17.9. The van der Waals surface area contributed by atoms with Crippen LogP contribution >= 0.6 is 0 Å². The summed E-state index contributed by atoms with van der Waals surface area (Å²) in [6, 6.07) is 20.6. The molecule has 3 heteroatoms. The first-order valence-electron chi connectivity index (χ1n) is 9.25. The van der Waals surface area contributed by atoms with Gasteiger partial charge in [-0.25, -0.2) is 0 Å². The van der Waals surface area contributed by atoms with Gasteiger partial charge < -0.3 is 11.5 Å². The number of benzene rings is 2. The van der Waals surface area contributed by atoms with Crippen molar-refractivity contribution in [2.24, 2.45) is 17.4 Å². The Morgan fingerprint density at radius 1 is 0.840 bits per heavy atom. The minimum Gasteiger partial charge on any atom is -0.330 e. The standard InChI is InChI=1S/C22H30N2O/c23-15-7-12-21(24)13-14-22(25)20(16-18-8-3-1-4-9-18)17-19-10-5-2-6-11-19/h1-6,8-11,20-21H,7,12-17,23-24H2/t21-/m0/s1. The van der Waals surface area contributed by atoms with Crippen LogP contribution in [0, 0.1) is 5.92 Å². The molecular formula is C22H30N2O. The van der Waals surface area contributed by atoms with E-state index in [1.807, 2.05) is 36.4 Å². The number of carbonyl (C=O) groups is 1. The largest absolute Gasteiger partial charge is 0.330 e. The van der Waals surface area contributed by atoms with Crippen molar-refractivity contribution in [2.45, 2.75) is 44.6 Å². The first-order chi connectivity index (χ1) is 12.2. The van der Waals surface area contributed by atoms with Crippen LogP contribution in [0.3, 0.4) is 0 Å². The molecule has 4 N–H and O–H groups in total. The van der Waals surface area contributed by atoms with E-state index in [4.69, 9.17) is 11.5 Å². The van der Waals surface area contributed by atoms with Gasteiger partial charge in [0.1, 0.15) is 5.78 Å². The molecule has 0 spiro atoms. The Hall–Kier alpha value is -1.97. The molecule has 0 saturated carbocycles. The Labute approximate surface area is 151 Å². The lowest BCUT2D eigenvalue weighted by Crippen LogP contribution is -2.25. The van der Waals surface area contributed by atoms with Crippen molar-refractivity contribution >= 4 is 5.78 Å². The molecule has 3 nitrogen and oxygen atoms in total. The zero-order valence-electron chi connectivity index (χ0n) is 14.9. The fourth-order valence-electron chi connectivity index (χ4n) is 3.15. The Kier molecular flexibility index (Phi) is 8.36. The molecule has 1 atom stereocenters. The van der Waals surface area contributed by atoms with Crippen molar-refractivity contribution in [1.82, 2.24) is 0 Å². The molecule has 0 bridgehead atoms. The monoisotopic (exact) mass is 338 g/mol. The van der Waals surface area contributed by atoms with Gasteiger partial charge in [-0.05, 0) is 49.8 Å². The molecule has 0 heterocycles. The van der Waals surface area contributed by atoms with Crippen LogP contribution in [0.25, 0.3) is 0 Å². The van der Waals surface area contributed by atoms with Crippen LogP contribution in [0.2, 0.25) is 0 Å². The molecule has 0 aliphatic carbocycles. The quantitative estimate of drug-likeness (QED) is 0.659. The average molecular weight is 338 g/mol. The topological polar surface area (TPSA) is 69.1 Å². The van der Waals surface area contributed by atoms with Crippen molar-refractivity contribution in [2.75, 3.05) is 6.54 Å². The molecule has 0 saturated heterocycles. The third-order valence-electron chi connectivity index (χ3n) is 4.65. The summed E-state index contributed by atoms with van der Waals surface area (Å²) in [6.07, 6.45) is 4.69. The van der Waals surface area contributed by atoms with E-state index in [9.17, 15) is 4.79 Å². The lowest BCUT2D eigenvalue weighted by Gasteiger charge is -2.18. The van der Waals surface area contributed by atoms with E-state index in [-0.39, 0.29) is 12.0 Å². The summed E-state index contributed by atoms with van der Waals surface area (Å²) >= 11 is 0. The first kappa shape index (κ1) is 19.4. The first-order valence-corrected chi connectivity index (χ1v) is 9.25. The predicted octanol–water partition coefficient (Wildman–Crippen LogP) is 3.50. The predicted molar refractivity (Wildman–Crippen MR) is 104 cm³/mol. The molecule has 0 radical (unpaired) electrons. The van der Waals surface area contributed by atoms with E-state index in [1.165, 1.54) is 11.1 Å². The lowest BCUT2D eigenvalue weighted by atomic mass is 9.86. The van der Waals surface area contributed by atoms with E-state index in [2.05, 4.69) is 24.3 Å². The van der Waals surface area contributed by atoms with E-state index in [1.54, 1.807) is 0 Å². The van der Waals surface area contributed by atoms with Crippen LogP contribution in [0.1, 0.15) is 36.8 Å². The maximum atomic E-state index is 12.8. The van der Waals surface area contributed by atoms with Crippen LogP contribution in [-0.4, -0.2) is 18.4 Å². The van der Waals surface area contributed by atoms with Crippen LogP contribution in [0.5, 0.6) is 0 Å². The summed E-state index contributed by atoms with van der Waals surface area (Å²) in [6.45, 7) is 0.659. The van der Waals surface area contributed by atoms with Crippen molar-refractivity contribution < 1.29 is 4.79 Å². The summed E-state index contributed by atoms with van der Waals surface area (Å²) < 4.78 is 0. The van der Waals surface area contributed by atoms with E-state index < -0.39 is 0 Å². The molecule has 0 amide bonds. The molecular weight excluding hydrogens is 308 g/mol. The summed E-state index contributed by atoms with van der Waals surface area (Å²) in [4.78, 5) is 12.8. The molecule has 134 valence electrons. The molecule has 0 aromatic heterocycles. The summed E-state index contributed by atoms with van der Waals surface area (Å²) in [5, 5.41) is 0. The normalized spacial score (nSPS) is 12.3. The summed E-state index contributed by atoms with van der Waals surface area (Å²) in [5.41, 5.74) is 14.1. The van der Waals surface area contributed by atoms with Crippen molar-refractivity contribution in [3.05, 3.63) is 71.8 Å². The van der Waals surface area contributed by atoms with Crippen LogP contribution < -0.4 is 11.5 Å². The second kappa shape index (κ2) is 10.8. The molecule has 0 fully saturated rings. The molecule has 25 heavy (non-hydrogen) atoms. The number of nitrogens with two attached hydrogens (primary N) is 2. The van der Waals surface area contributed by atoms with Gasteiger partial charge in [-0.3, -0.25) is 4.79 Å². The summed E-state index contributed by atoms with van der Waals surface area (Å²) in [7, 11) is 0. The highest BCUT2D eigenvalue weighted by atomic mass is 16.1. The highest BCUT2D eigenvalue weighted by molar-refractivity contribution is 5.81. The van der Waals surface area contributed by atoms with Gasteiger partial charge in [0.05, 0.1) is 0 Å². The molecule has 0 aliphatic rings. The molecule has 0 unspecified atom stereocenters. The number of hydrogen-bond donors (Lipinski definition) is 2. The Morgan fingerprint density at radius 3 is 1.84 bits per heavy atom. The minimum absolute atomic E-state index is 0.00603. The van der Waals surface area contributed by atoms with E-state index in [0.717, 1.165) is 32.1 Å². The van der Waals surface area contributed by atoms with Gasteiger partial charge in [0.2, 0.25) is 0 Å². The molecule has 2 aromatic carbocycles. The highest BCUT2D eigenvalue weighted by Crippen LogP contribution is 2.19. The fraction of sp³-hybridized carbons (Fsp3) is 0.409. The third kappa shape index (κ3) is 7.20. The lowest BCUT2D eigenvalue weighted by molar-refractivity contribution is -0.123. The van der Waals surface area contributed by atoms with Crippen LogP contribution in [0.4, 0.5) is 0 Å². The maximum Gasteiger partial charge on any atom is 0.136 e. The van der Waals surface area contributed by atoms with Crippen molar-refractivity contribution in [3.63, 3.8) is 0 Å². The maximum absolute atomic E-state index is 12.8. The third-order valence-corrected chi connectivity index (χ3v) is 4.65. The number of Topliss-reactive ketones (excluding diaryl/α,β-unsaturated/α-hetero) is 1. The smallest absolute Gasteiger partial charge is 0.136 e. The van der Waals surface area contributed by atoms with Gasteiger partial charge in [0.15, 0.2) is 0 Å². The number of carbonyl (C=O) groups excluding carboxylic acids is 1. The minimum atomic E-state index is 0.00603. The van der Waals surface area contributed by atoms with Gasteiger partial charge >= 0.3 is 0 Å². The molecule has 2 rings (SSSR count). The van der Waals surface area contributed by atoms with E-state index >= 15 is 0 Å². The van der Waals surface area contributed by atoms with Gasteiger partial charge in [0, 0.05) is 18.4 Å². The van der Waals surface area contributed by atoms with Gasteiger partial charge in [-0.1, -0.05) is 60.7 Å². The van der Waals surface area contributed by atoms with Crippen molar-refractivity contribution in [3.8, 4) is 0 Å².